The van der Waals surface area contributed by atoms with Gasteiger partial charge in [0.1, 0.15) is 5.75 Å². The summed E-state index contributed by atoms with van der Waals surface area (Å²) in [6.45, 7) is 4.13. The Balaban J connectivity index is 1.98. The lowest BCUT2D eigenvalue weighted by Crippen LogP contribution is -2.30. The van der Waals surface area contributed by atoms with Gasteiger partial charge in [-0.2, -0.15) is 0 Å². The van der Waals surface area contributed by atoms with E-state index in [1.165, 1.54) is 5.56 Å². The van der Waals surface area contributed by atoms with Gasteiger partial charge < -0.3 is 15.4 Å². The maximum Gasteiger partial charge on any atom is 0.171 e. The fourth-order valence-corrected chi connectivity index (χ4v) is 2.89. The molecule has 2 N–H and O–H groups in total. The lowest BCUT2D eigenvalue weighted by molar-refractivity contribution is 0.412. The monoisotopic (exact) mass is 378 g/mol. The summed E-state index contributed by atoms with van der Waals surface area (Å²) in [4.78, 5) is 0. The Kier molecular flexibility index (Phi) is 5.80. The van der Waals surface area contributed by atoms with Crippen molar-refractivity contribution in [1.82, 2.24) is 5.32 Å². The minimum atomic E-state index is 0.0904. The van der Waals surface area contributed by atoms with Gasteiger partial charge in [-0.3, -0.25) is 0 Å². The molecule has 0 heterocycles. The highest BCUT2D eigenvalue weighted by atomic mass is 79.9. The number of hydrogen-bond donors (Lipinski definition) is 2. The summed E-state index contributed by atoms with van der Waals surface area (Å²) < 4.78 is 6.17. The van der Waals surface area contributed by atoms with Crippen molar-refractivity contribution in [3.8, 4) is 5.75 Å². The second-order valence-corrected chi connectivity index (χ2v) is 6.34. The van der Waals surface area contributed by atoms with E-state index in [4.69, 9.17) is 17.0 Å². The minimum absolute atomic E-state index is 0.0904. The molecule has 5 heteroatoms. The molecule has 0 bridgehead atoms. The number of rotatable bonds is 4. The van der Waals surface area contributed by atoms with Crippen LogP contribution in [0.2, 0.25) is 0 Å². The maximum atomic E-state index is 5.37. The number of thiocarbonyl (C=S) groups is 1. The quantitative estimate of drug-likeness (QED) is 0.747. The predicted octanol–water partition coefficient (Wildman–Crippen LogP) is 4.81. The van der Waals surface area contributed by atoms with Crippen LogP contribution in [0.25, 0.3) is 0 Å². The third kappa shape index (κ3) is 4.45. The van der Waals surface area contributed by atoms with E-state index in [2.05, 4.69) is 52.5 Å². The van der Waals surface area contributed by atoms with Gasteiger partial charge in [0.25, 0.3) is 0 Å². The number of anilines is 1. The Morgan fingerprint density at radius 3 is 2.45 bits per heavy atom. The topological polar surface area (TPSA) is 33.3 Å². The molecule has 2 rings (SSSR count). The van der Waals surface area contributed by atoms with Crippen LogP contribution in [0.3, 0.4) is 0 Å². The van der Waals surface area contributed by atoms with E-state index in [9.17, 15) is 0 Å². The highest BCUT2D eigenvalue weighted by Crippen LogP contribution is 2.28. The Bertz CT molecular complexity index is 658. The second kappa shape index (κ2) is 7.61. The zero-order valence-corrected chi connectivity index (χ0v) is 15.2. The first-order valence-corrected chi connectivity index (χ1v) is 8.17. The van der Waals surface area contributed by atoms with Gasteiger partial charge in [-0.05, 0) is 71.8 Å². The molecule has 0 saturated carbocycles. The molecule has 0 spiro atoms. The van der Waals surface area contributed by atoms with Crippen molar-refractivity contribution in [3.05, 3.63) is 58.1 Å². The van der Waals surface area contributed by atoms with Crippen molar-refractivity contribution >= 4 is 38.9 Å². The summed E-state index contributed by atoms with van der Waals surface area (Å²) in [5, 5.41) is 7.07. The van der Waals surface area contributed by atoms with Crippen molar-refractivity contribution in [1.29, 1.82) is 0 Å². The van der Waals surface area contributed by atoms with E-state index in [1.54, 1.807) is 7.11 Å². The van der Waals surface area contributed by atoms with E-state index in [0.717, 1.165) is 21.5 Å². The molecule has 0 aliphatic heterocycles. The molecule has 0 aliphatic rings. The number of methoxy groups -OCH3 is 1. The average molecular weight is 379 g/mol. The van der Waals surface area contributed by atoms with Crippen molar-refractivity contribution in [2.24, 2.45) is 0 Å². The van der Waals surface area contributed by atoms with E-state index in [1.807, 2.05) is 30.3 Å². The Morgan fingerprint density at radius 1 is 1.18 bits per heavy atom. The number of nitrogens with one attached hydrogen (secondary N) is 2. The summed E-state index contributed by atoms with van der Waals surface area (Å²) in [7, 11) is 1.65. The molecule has 0 aromatic heterocycles. The van der Waals surface area contributed by atoms with Gasteiger partial charge in [0.2, 0.25) is 0 Å². The smallest absolute Gasteiger partial charge is 0.171 e. The van der Waals surface area contributed by atoms with Crippen LogP contribution in [-0.2, 0) is 0 Å². The van der Waals surface area contributed by atoms with E-state index in [-0.39, 0.29) is 6.04 Å². The van der Waals surface area contributed by atoms with E-state index in [0.29, 0.717) is 5.11 Å². The van der Waals surface area contributed by atoms with Crippen LogP contribution < -0.4 is 15.4 Å². The lowest BCUT2D eigenvalue weighted by atomic mass is 10.1. The molecule has 2 aromatic carbocycles. The number of halogens is 1. The number of aryl methyl sites for hydroxylation is 1. The molecule has 0 aliphatic carbocycles. The molecule has 116 valence electrons. The molecule has 0 unspecified atom stereocenters. The lowest BCUT2D eigenvalue weighted by Gasteiger charge is -2.18. The van der Waals surface area contributed by atoms with Crippen LogP contribution in [0.5, 0.6) is 5.75 Å². The minimum Gasteiger partial charge on any atom is -0.496 e. The first-order chi connectivity index (χ1) is 10.5. The summed E-state index contributed by atoms with van der Waals surface area (Å²) >= 11 is 8.87. The fourth-order valence-electron chi connectivity index (χ4n) is 2.04. The Morgan fingerprint density at radius 2 is 1.86 bits per heavy atom. The molecule has 0 amide bonds. The normalized spacial score (nSPS) is 11.6. The highest BCUT2D eigenvalue weighted by Gasteiger charge is 2.09. The first kappa shape index (κ1) is 16.8. The van der Waals surface area contributed by atoms with E-state index >= 15 is 0 Å². The van der Waals surface area contributed by atoms with Crippen molar-refractivity contribution in [2.75, 3.05) is 12.4 Å². The first-order valence-electron chi connectivity index (χ1n) is 6.97. The molecule has 3 nitrogen and oxygen atoms in total. The molecule has 22 heavy (non-hydrogen) atoms. The van der Waals surface area contributed by atoms with Crippen molar-refractivity contribution in [3.63, 3.8) is 0 Å². The van der Waals surface area contributed by atoms with Crippen LogP contribution in [0.4, 0.5) is 5.69 Å². The van der Waals surface area contributed by atoms with Crippen LogP contribution in [-0.4, -0.2) is 12.2 Å². The third-order valence-corrected chi connectivity index (χ3v) is 4.17. The van der Waals surface area contributed by atoms with Crippen molar-refractivity contribution in [2.45, 2.75) is 19.9 Å². The molecule has 2 aromatic rings. The SMILES string of the molecule is COc1ccc([C@H](C)NC(=S)Nc2ccc(C)cc2)cc1Br. The van der Waals surface area contributed by atoms with Gasteiger partial charge in [0, 0.05) is 5.69 Å². The summed E-state index contributed by atoms with van der Waals surface area (Å²) in [5.41, 5.74) is 3.33. The van der Waals surface area contributed by atoms with Gasteiger partial charge in [0.05, 0.1) is 17.6 Å². The van der Waals surface area contributed by atoms with Crippen LogP contribution in [0.1, 0.15) is 24.1 Å². The standard InChI is InChI=1S/C17H19BrN2OS/c1-11-4-7-14(8-5-11)20-17(22)19-12(2)13-6-9-16(21-3)15(18)10-13/h4-10,12H,1-3H3,(H2,19,20,22)/t12-/m0/s1. The van der Waals surface area contributed by atoms with Gasteiger partial charge in [0.15, 0.2) is 5.11 Å². The van der Waals surface area contributed by atoms with Crippen molar-refractivity contribution < 1.29 is 4.74 Å². The molecular weight excluding hydrogens is 360 g/mol. The fraction of sp³-hybridized carbons (Fsp3) is 0.235. The highest BCUT2D eigenvalue weighted by molar-refractivity contribution is 9.10. The zero-order valence-electron chi connectivity index (χ0n) is 12.8. The van der Waals surface area contributed by atoms with Gasteiger partial charge >= 0.3 is 0 Å². The van der Waals surface area contributed by atoms with Crippen LogP contribution in [0, 0.1) is 6.92 Å². The number of benzene rings is 2. The maximum absolute atomic E-state index is 5.37. The molecule has 0 fully saturated rings. The van der Waals surface area contributed by atoms with Crippen LogP contribution >= 0.6 is 28.1 Å². The number of hydrogen-bond acceptors (Lipinski definition) is 2. The molecular formula is C17H19BrN2OS. The zero-order chi connectivity index (χ0) is 16.1. The summed E-state index contributed by atoms with van der Waals surface area (Å²) in [5.74, 6) is 0.816. The largest absolute Gasteiger partial charge is 0.496 e. The van der Waals surface area contributed by atoms with E-state index < -0.39 is 0 Å². The summed E-state index contributed by atoms with van der Waals surface area (Å²) in [6, 6.07) is 14.2. The summed E-state index contributed by atoms with van der Waals surface area (Å²) in [6.07, 6.45) is 0. The predicted molar refractivity (Wildman–Crippen MR) is 99.6 cm³/mol. The molecule has 0 saturated heterocycles. The molecule has 1 atom stereocenters. The third-order valence-electron chi connectivity index (χ3n) is 3.33. The molecule has 0 radical (unpaired) electrons. The van der Waals surface area contributed by atoms with Gasteiger partial charge in [-0.25, -0.2) is 0 Å². The number of ether oxygens (including phenoxy) is 1. The van der Waals surface area contributed by atoms with Crippen LogP contribution in [0.15, 0.2) is 46.9 Å². The Hall–Kier alpha value is -1.59. The average Bonchev–Trinajstić information content (AvgIpc) is 2.49. The Labute approximate surface area is 145 Å². The van der Waals surface area contributed by atoms with Gasteiger partial charge in [-0.15, -0.1) is 0 Å². The second-order valence-electron chi connectivity index (χ2n) is 5.08. The van der Waals surface area contributed by atoms with Gasteiger partial charge in [-0.1, -0.05) is 23.8 Å².